The first-order valence-electron chi connectivity index (χ1n) is 6.45. The van der Waals surface area contributed by atoms with Crippen LogP contribution in [-0.4, -0.2) is 41.1 Å². The van der Waals surface area contributed by atoms with Crippen molar-refractivity contribution in [1.29, 1.82) is 0 Å². The van der Waals surface area contributed by atoms with E-state index in [1.807, 2.05) is 19.4 Å². The van der Waals surface area contributed by atoms with Crippen molar-refractivity contribution in [3.8, 4) is 0 Å². The molecule has 0 saturated carbocycles. The Balaban J connectivity index is 2.09. The average molecular weight is 238 g/mol. The fraction of sp³-hybridized carbons (Fsp3) is 0.769. The summed E-state index contributed by atoms with van der Waals surface area (Å²) in [7, 11) is 4.18. The van der Waals surface area contributed by atoms with Crippen molar-refractivity contribution in [3.63, 3.8) is 0 Å². The third kappa shape index (κ3) is 5.84. The van der Waals surface area contributed by atoms with E-state index in [9.17, 15) is 0 Å². The predicted octanol–water partition coefficient (Wildman–Crippen LogP) is 1.49. The Morgan fingerprint density at radius 2 is 2.18 bits per heavy atom. The minimum Gasteiger partial charge on any atom is -0.337 e. The molecule has 4 heteroatoms. The lowest BCUT2D eigenvalue weighted by Gasteiger charge is -2.16. The molecule has 4 nitrogen and oxygen atoms in total. The number of rotatable bonds is 8. The van der Waals surface area contributed by atoms with E-state index in [-0.39, 0.29) is 0 Å². The average Bonchev–Trinajstić information content (AvgIpc) is 2.63. The second-order valence-corrected chi connectivity index (χ2v) is 5.12. The molecule has 0 aliphatic heterocycles. The van der Waals surface area contributed by atoms with Crippen LogP contribution in [0, 0.1) is 5.92 Å². The molecule has 98 valence electrons. The summed E-state index contributed by atoms with van der Waals surface area (Å²) in [6.07, 6.45) is 5.09. The van der Waals surface area contributed by atoms with Gasteiger partial charge in [0.15, 0.2) is 0 Å². The molecular formula is C13H26N4. The van der Waals surface area contributed by atoms with Gasteiger partial charge >= 0.3 is 0 Å². The molecule has 0 saturated heterocycles. The van der Waals surface area contributed by atoms with Crippen LogP contribution in [0.3, 0.4) is 0 Å². The number of aromatic nitrogens is 2. The van der Waals surface area contributed by atoms with E-state index < -0.39 is 0 Å². The maximum absolute atomic E-state index is 4.32. The number of hydrogen-bond donors (Lipinski definition) is 1. The Morgan fingerprint density at radius 1 is 1.41 bits per heavy atom. The summed E-state index contributed by atoms with van der Waals surface area (Å²) >= 11 is 0. The lowest BCUT2D eigenvalue weighted by molar-refractivity contribution is 0.312. The molecule has 1 heterocycles. The summed E-state index contributed by atoms with van der Waals surface area (Å²) in [6, 6.07) is 0. The highest BCUT2D eigenvalue weighted by molar-refractivity contribution is 4.90. The van der Waals surface area contributed by atoms with E-state index >= 15 is 0 Å². The zero-order valence-electron chi connectivity index (χ0n) is 11.6. The van der Waals surface area contributed by atoms with Crippen LogP contribution >= 0.6 is 0 Å². The quantitative estimate of drug-likeness (QED) is 0.697. The van der Waals surface area contributed by atoms with Crippen molar-refractivity contribution in [2.24, 2.45) is 13.0 Å². The molecule has 0 unspecified atom stereocenters. The van der Waals surface area contributed by atoms with Crippen LogP contribution in [0.15, 0.2) is 12.4 Å². The van der Waals surface area contributed by atoms with Crippen LogP contribution < -0.4 is 5.32 Å². The van der Waals surface area contributed by atoms with E-state index in [0.29, 0.717) is 0 Å². The predicted molar refractivity (Wildman–Crippen MR) is 71.9 cm³/mol. The molecular weight excluding hydrogens is 212 g/mol. The van der Waals surface area contributed by atoms with Gasteiger partial charge in [0, 0.05) is 32.5 Å². The van der Waals surface area contributed by atoms with Gasteiger partial charge in [-0.2, -0.15) is 0 Å². The van der Waals surface area contributed by atoms with Crippen molar-refractivity contribution in [3.05, 3.63) is 18.2 Å². The molecule has 0 fully saturated rings. The molecule has 1 rings (SSSR count). The largest absolute Gasteiger partial charge is 0.337 e. The Kier molecular flexibility index (Phi) is 6.22. The smallest absolute Gasteiger partial charge is 0.122 e. The molecule has 1 aromatic rings. The second kappa shape index (κ2) is 7.45. The van der Waals surface area contributed by atoms with Crippen LogP contribution in [0.2, 0.25) is 0 Å². The van der Waals surface area contributed by atoms with Gasteiger partial charge in [-0.05, 0) is 25.9 Å². The molecule has 0 aliphatic rings. The number of nitrogens with one attached hydrogen (secondary N) is 1. The van der Waals surface area contributed by atoms with Gasteiger partial charge in [-0.1, -0.05) is 13.8 Å². The summed E-state index contributed by atoms with van der Waals surface area (Å²) in [6.45, 7) is 8.66. The van der Waals surface area contributed by atoms with Gasteiger partial charge < -0.3 is 9.88 Å². The van der Waals surface area contributed by atoms with E-state index in [4.69, 9.17) is 0 Å². The standard InChI is InChI=1S/C13H26N4/c1-12(2)5-6-14-7-9-16(3)11-13-15-8-10-17(13)4/h8,10,12,14H,5-7,9,11H2,1-4H3. The molecule has 0 bridgehead atoms. The lowest BCUT2D eigenvalue weighted by atomic mass is 10.1. The maximum Gasteiger partial charge on any atom is 0.122 e. The maximum atomic E-state index is 4.32. The first kappa shape index (κ1) is 14.2. The monoisotopic (exact) mass is 238 g/mol. The Morgan fingerprint density at radius 3 is 2.76 bits per heavy atom. The number of imidazole rings is 1. The van der Waals surface area contributed by atoms with E-state index in [1.54, 1.807) is 0 Å². The Hall–Kier alpha value is -0.870. The molecule has 0 aromatic carbocycles. The van der Waals surface area contributed by atoms with Crippen LogP contribution in [0.25, 0.3) is 0 Å². The SMILES string of the molecule is CC(C)CCNCCN(C)Cc1nccn1C. The van der Waals surface area contributed by atoms with Gasteiger partial charge in [-0.3, -0.25) is 4.90 Å². The number of likely N-dealkylation sites (N-methyl/N-ethyl adjacent to an activating group) is 1. The third-order valence-electron chi connectivity index (χ3n) is 2.90. The fourth-order valence-corrected chi connectivity index (χ4v) is 1.65. The first-order valence-corrected chi connectivity index (χ1v) is 6.45. The molecule has 1 aromatic heterocycles. The van der Waals surface area contributed by atoms with Gasteiger partial charge in [-0.25, -0.2) is 4.98 Å². The summed E-state index contributed by atoms with van der Waals surface area (Å²) in [5.41, 5.74) is 0. The van der Waals surface area contributed by atoms with E-state index in [2.05, 4.69) is 40.7 Å². The van der Waals surface area contributed by atoms with Crippen molar-refractivity contribution in [2.75, 3.05) is 26.7 Å². The zero-order chi connectivity index (χ0) is 12.7. The van der Waals surface area contributed by atoms with Crippen molar-refractivity contribution >= 4 is 0 Å². The van der Waals surface area contributed by atoms with Gasteiger partial charge in [0.2, 0.25) is 0 Å². The van der Waals surface area contributed by atoms with Crippen molar-refractivity contribution < 1.29 is 0 Å². The van der Waals surface area contributed by atoms with Crippen LogP contribution in [0.4, 0.5) is 0 Å². The molecule has 1 N–H and O–H groups in total. The van der Waals surface area contributed by atoms with E-state index in [1.165, 1.54) is 6.42 Å². The molecule has 17 heavy (non-hydrogen) atoms. The summed E-state index contributed by atoms with van der Waals surface area (Å²) in [4.78, 5) is 6.62. The highest BCUT2D eigenvalue weighted by Gasteiger charge is 2.03. The summed E-state index contributed by atoms with van der Waals surface area (Å²) in [5.74, 6) is 1.91. The number of hydrogen-bond acceptors (Lipinski definition) is 3. The van der Waals surface area contributed by atoms with E-state index in [0.717, 1.165) is 37.9 Å². The second-order valence-electron chi connectivity index (χ2n) is 5.12. The fourth-order valence-electron chi connectivity index (χ4n) is 1.65. The third-order valence-corrected chi connectivity index (χ3v) is 2.90. The molecule has 0 spiro atoms. The summed E-state index contributed by atoms with van der Waals surface area (Å²) < 4.78 is 2.07. The van der Waals surface area contributed by atoms with Crippen molar-refractivity contribution in [1.82, 2.24) is 19.8 Å². The Bertz CT molecular complexity index is 306. The van der Waals surface area contributed by atoms with Crippen LogP contribution in [0.5, 0.6) is 0 Å². The van der Waals surface area contributed by atoms with Gasteiger partial charge in [-0.15, -0.1) is 0 Å². The highest BCUT2D eigenvalue weighted by Crippen LogP contribution is 1.99. The van der Waals surface area contributed by atoms with Crippen LogP contribution in [0.1, 0.15) is 26.1 Å². The number of nitrogens with zero attached hydrogens (tertiary/aromatic N) is 3. The van der Waals surface area contributed by atoms with Gasteiger partial charge in [0.25, 0.3) is 0 Å². The molecule has 0 atom stereocenters. The normalized spacial score (nSPS) is 11.6. The first-order chi connectivity index (χ1) is 8.09. The topological polar surface area (TPSA) is 33.1 Å². The minimum absolute atomic E-state index is 0.785. The lowest BCUT2D eigenvalue weighted by Crippen LogP contribution is -2.30. The molecule has 0 aliphatic carbocycles. The van der Waals surface area contributed by atoms with Crippen LogP contribution in [-0.2, 0) is 13.6 Å². The zero-order valence-corrected chi connectivity index (χ0v) is 11.6. The highest BCUT2D eigenvalue weighted by atomic mass is 15.2. The minimum atomic E-state index is 0.785. The molecule has 0 radical (unpaired) electrons. The van der Waals surface area contributed by atoms with Crippen molar-refractivity contribution in [2.45, 2.75) is 26.8 Å². The summed E-state index contributed by atoms with van der Waals surface area (Å²) in [5, 5.41) is 3.47. The van der Waals surface area contributed by atoms with Gasteiger partial charge in [0.1, 0.15) is 5.82 Å². The molecule has 0 amide bonds. The van der Waals surface area contributed by atoms with Gasteiger partial charge in [0.05, 0.1) is 6.54 Å². The number of aryl methyl sites for hydroxylation is 1. The Labute approximate surface area is 105 Å².